The van der Waals surface area contributed by atoms with E-state index < -0.39 is 0 Å². The van der Waals surface area contributed by atoms with Crippen molar-refractivity contribution in [2.45, 2.75) is 20.4 Å². The Bertz CT molecular complexity index is 847. The van der Waals surface area contributed by atoms with Crippen molar-refractivity contribution < 1.29 is 4.74 Å². The van der Waals surface area contributed by atoms with Gasteiger partial charge < -0.3 is 14.9 Å². The van der Waals surface area contributed by atoms with E-state index in [1.54, 1.807) is 0 Å². The van der Waals surface area contributed by atoms with Gasteiger partial charge >= 0.3 is 0 Å². The quantitative estimate of drug-likeness (QED) is 0.731. The third-order valence-corrected chi connectivity index (χ3v) is 3.75. The molecule has 0 aliphatic carbocycles. The molecule has 0 atom stereocenters. The predicted octanol–water partition coefficient (Wildman–Crippen LogP) is 3.72. The highest BCUT2D eigenvalue weighted by Gasteiger charge is 2.13. The van der Waals surface area contributed by atoms with Crippen molar-refractivity contribution in [2.75, 3.05) is 6.61 Å². The maximum Gasteiger partial charge on any atom is 0.140 e. The molecule has 0 spiro atoms. The second kappa shape index (κ2) is 6.26. The molecule has 0 unspecified atom stereocenters. The number of aromatic nitrogens is 2. The van der Waals surface area contributed by atoms with Crippen LogP contribution in [-0.2, 0) is 6.54 Å². The number of nitrogens with two attached hydrogens (primary N) is 1. The zero-order valence-corrected chi connectivity index (χ0v) is 13.5. The third-order valence-electron chi connectivity index (χ3n) is 3.75. The molecule has 0 aliphatic heterocycles. The first-order chi connectivity index (χ1) is 11.1. The number of rotatable bonds is 5. The summed E-state index contributed by atoms with van der Waals surface area (Å²) in [4.78, 5) is 4.79. The Morgan fingerprint density at radius 3 is 2.65 bits per heavy atom. The molecule has 2 aromatic heterocycles. The minimum absolute atomic E-state index is 0.438. The molecule has 0 aliphatic rings. The SMILES string of the molecule is C=C(C)COc1ccc(-c2nc3c(C)cccn3c2CN)cc1. The Morgan fingerprint density at radius 2 is 2.00 bits per heavy atom. The Morgan fingerprint density at radius 1 is 1.26 bits per heavy atom. The topological polar surface area (TPSA) is 52.5 Å². The summed E-state index contributed by atoms with van der Waals surface area (Å²) in [6.45, 7) is 8.81. The molecule has 0 fully saturated rings. The van der Waals surface area contributed by atoms with Crippen molar-refractivity contribution >= 4 is 5.65 Å². The van der Waals surface area contributed by atoms with Crippen LogP contribution in [0.4, 0.5) is 0 Å². The number of pyridine rings is 1. The van der Waals surface area contributed by atoms with Gasteiger partial charge in [-0.3, -0.25) is 0 Å². The van der Waals surface area contributed by atoms with E-state index in [1.807, 2.05) is 43.5 Å². The van der Waals surface area contributed by atoms with Crippen molar-refractivity contribution in [1.29, 1.82) is 0 Å². The number of imidazole rings is 1. The fraction of sp³-hybridized carbons (Fsp3) is 0.211. The van der Waals surface area contributed by atoms with Crippen LogP contribution in [0.3, 0.4) is 0 Å². The van der Waals surface area contributed by atoms with Gasteiger partial charge in [-0.15, -0.1) is 0 Å². The van der Waals surface area contributed by atoms with Crippen LogP contribution in [0.1, 0.15) is 18.2 Å². The number of hydrogen-bond acceptors (Lipinski definition) is 3. The van der Waals surface area contributed by atoms with Crippen LogP contribution in [-0.4, -0.2) is 16.0 Å². The molecule has 0 saturated heterocycles. The largest absolute Gasteiger partial charge is 0.489 e. The number of fused-ring (bicyclic) bond motifs is 1. The van der Waals surface area contributed by atoms with Crippen LogP contribution < -0.4 is 10.5 Å². The summed E-state index contributed by atoms with van der Waals surface area (Å²) in [7, 11) is 0. The standard InChI is InChI=1S/C19H21N3O/c1-13(2)12-23-16-8-6-15(7-9-16)18-17(11-20)22-10-4-5-14(3)19(22)21-18/h4-10H,1,11-12,20H2,2-3H3. The fourth-order valence-corrected chi connectivity index (χ4v) is 2.59. The lowest BCUT2D eigenvalue weighted by Gasteiger charge is -2.07. The molecule has 4 nitrogen and oxygen atoms in total. The van der Waals surface area contributed by atoms with E-state index in [0.29, 0.717) is 13.2 Å². The number of nitrogens with zero attached hydrogens (tertiary/aromatic N) is 2. The number of ether oxygens (including phenoxy) is 1. The second-order valence-corrected chi connectivity index (χ2v) is 5.77. The van der Waals surface area contributed by atoms with Crippen molar-refractivity contribution in [2.24, 2.45) is 5.73 Å². The van der Waals surface area contributed by atoms with Crippen LogP contribution in [0, 0.1) is 6.92 Å². The molecule has 0 saturated carbocycles. The minimum Gasteiger partial charge on any atom is -0.489 e. The molecule has 118 valence electrons. The van der Waals surface area contributed by atoms with E-state index in [0.717, 1.165) is 39.5 Å². The minimum atomic E-state index is 0.438. The summed E-state index contributed by atoms with van der Waals surface area (Å²) in [6, 6.07) is 12.0. The molecule has 1 aromatic carbocycles. The molecule has 2 N–H and O–H groups in total. The molecule has 2 heterocycles. The van der Waals surface area contributed by atoms with Crippen molar-refractivity contribution in [3.05, 3.63) is 66.0 Å². The normalized spacial score (nSPS) is 10.9. The summed E-state index contributed by atoms with van der Waals surface area (Å²) < 4.78 is 7.71. The smallest absolute Gasteiger partial charge is 0.140 e. The molecule has 3 rings (SSSR count). The molecule has 0 amide bonds. The Labute approximate surface area is 136 Å². The Hall–Kier alpha value is -2.59. The van der Waals surface area contributed by atoms with E-state index in [1.165, 1.54) is 0 Å². The molecule has 0 radical (unpaired) electrons. The van der Waals surface area contributed by atoms with E-state index in [4.69, 9.17) is 15.5 Å². The Kier molecular flexibility index (Phi) is 4.17. The molecule has 4 heteroatoms. The molecule has 0 bridgehead atoms. The highest BCUT2D eigenvalue weighted by molar-refractivity contribution is 5.68. The van der Waals surface area contributed by atoms with Gasteiger partial charge in [-0.25, -0.2) is 4.98 Å². The zero-order valence-electron chi connectivity index (χ0n) is 13.5. The average Bonchev–Trinajstić information content (AvgIpc) is 2.93. The lowest BCUT2D eigenvalue weighted by atomic mass is 10.1. The van der Waals surface area contributed by atoms with E-state index in [-0.39, 0.29) is 0 Å². The summed E-state index contributed by atoms with van der Waals surface area (Å²) in [5.74, 6) is 0.825. The summed E-state index contributed by atoms with van der Waals surface area (Å²) in [6.07, 6.45) is 2.01. The van der Waals surface area contributed by atoms with Crippen LogP contribution in [0.2, 0.25) is 0 Å². The fourth-order valence-electron chi connectivity index (χ4n) is 2.59. The first kappa shape index (κ1) is 15.3. The van der Waals surface area contributed by atoms with Gasteiger partial charge in [0.05, 0.1) is 11.4 Å². The van der Waals surface area contributed by atoms with Crippen molar-refractivity contribution in [1.82, 2.24) is 9.38 Å². The molecular weight excluding hydrogens is 286 g/mol. The number of hydrogen-bond donors (Lipinski definition) is 1. The average molecular weight is 307 g/mol. The van der Waals surface area contributed by atoms with Crippen molar-refractivity contribution in [3.8, 4) is 17.0 Å². The third kappa shape index (κ3) is 2.98. The zero-order chi connectivity index (χ0) is 16.4. The molecule has 23 heavy (non-hydrogen) atoms. The van der Waals surface area contributed by atoms with Crippen molar-refractivity contribution in [3.63, 3.8) is 0 Å². The van der Waals surface area contributed by atoms with Crippen LogP contribution in [0.15, 0.2) is 54.7 Å². The lowest BCUT2D eigenvalue weighted by Crippen LogP contribution is -2.02. The van der Waals surface area contributed by atoms with Gasteiger partial charge in [0, 0.05) is 18.3 Å². The molecular formula is C19H21N3O. The predicted molar refractivity (Wildman–Crippen MR) is 93.6 cm³/mol. The van der Waals surface area contributed by atoms with Gasteiger partial charge in [0.1, 0.15) is 18.0 Å². The summed E-state index contributed by atoms with van der Waals surface area (Å²) in [5.41, 5.74) is 12.0. The highest BCUT2D eigenvalue weighted by Crippen LogP contribution is 2.27. The number of aryl methyl sites for hydroxylation is 1. The summed E-state index contributed by atoms with van der Waals surface area (Å²) in [5, 5.41) is 0. The first-order valence-corrected chi connectivity index (χ1v) is 7.64. The molecule has 3 aromatic rings. The van der Waals surface area contributed by atoms with Gasteiger partial charge in [0.25, 0.3) is 0 Å². The van der Waals surface area contributed by atoms with Gasteiger partial charge in [0.2, 0.25) is 0 Å². The maximum atomic E-state index is 5.96. The van der Waals surface area contributed by atoms with E-state index >= 15 is 0 Å². The van der Waals surface area contributed by atoms with Gasteiger partial charge in [-0.1, -0.05) is 12.6 Å². The maximum absolute atomic E-state index is 5.96. The highest BCUT2D eigenvalue weighted by atomic mass is 16.5. The lowest BCUT2D eigenvalue weighted by molar-refractivity contribution is 0.353. The van der Waals surface area contributed by atoms with E-state index in [9.17, 15) is 0 Å². The van der Waals surface area contributed by atoms with Crippen LogP contribution in [0.5, 0.6) is 5.75 Å². The second-order valence-electron chi connectivity index (χ2n) is 5.77. The first-order valence-electron chi connectivity index (χ1n) is 7.64. The summed E-state index contributed by atoms with van der Waals surface area (Å²) >= 11 is 0. The van der Waals surface area contributed by atoms with Gasteiger partial charge in [-0.05, 0) is 55.3 Å². The monoisotopic (exact) mass is 307 g/mol. The van der Waals surface area contributed by atoms with E-state index in [2.05, 4.69) is 24.0 Å². The van der Waals surface area contributed by atoms with Crippen LogP contribution >= 0.6 is 0 Å². The Balaban J connectivity index is 1.99. The van der Waals surface area contributed by atoms with Crippen LogP contribution in [0.25, 0.3) is 16.9 Å². The van der Waals surface area contributed by atoms with Gasteiger partial charge in [0.15, 0.2) is 0 Å². The number of benzene rings is 1. The van der Waals surface area contributed by atoms with Gasteiger partial charge in [-0.2, -0.15) is 0 Å².